The second-order valence-electron chi connectivity index (χ2n) is 2.78. The van der Waals surface area contributed by atoms with Crippen LogP contribution in [0.4, 0.5) is 5.69 Å². The molecule has 0 aromatic carbocycles. The lowest BCUT2D eigenvalue weighted by Crippen LogP contribution is -2.25. The molecule has 0 spiro atoms. The highest BCUT2D eigenvalue weighted by atomic mass is 16.5. The van der Waals surface area contributed by atoms with Crippen molar-refractivity contribution in [3.8, 4) is 0 Å². The standard InChI is InChI=1S/C8H13N3O2/c1-5-8(6(2)13-11-5)10-7(12)4-9-3/h9H,4H2,1-3H3,(H,10,12). The SMILES string of the molecule is CNCC(=O)Nc1c(C)noc1C. The molecule has 0 unspecified atom stereocenters. The molecule has 0 saturated heterocycles. The Morgan fingerprint density at radius 1 is 1.54 bits per heavy atom. The fourth-order valence-corrected chi connectivity index (χ4v) is 1.01. The van der Waals surface area contributed by atoms with Gasteiger partial charge in [0.25, 0.3) is 0 Å². The van der Waals surface area contributed by atoms with Crippen LogP contribution in [-0.2, 0) is 4.79 Å². The van der Waals surface area contributed by atoms with Crippen molar-refractivity contribution in [3.63, 3.8) is 0 Å². The third-order valence-electron chi connectivity index (χ3n) is 1.64. The molecule has 0 bridgehead atoms. The van der Waals surface area contributed by atoms with Gasteiger partial charge in [-0.25, -0.2) is 0 Å². The van der Waals surface area contributed by atoms with E-state index in [2.05, 4.69) is 15.8 Å². The van der Waals surface area contributed by atoms with Crippen LogP contribution in [0, 0.1) is 13.8 Å². The fourth-order valence-electron chi connectivity index (χ4n) is 1.01. The van der Waals surface area contributed by atoms with Crippen LogP contribution in [0.1, 0.15) is 11.5 Å². The summed E-state index contributed by atoms with van der Waals surface area (Å²) in [4.78, 5) is 11.2. The molecule has 5 heteroatoms. The van der Waals surface area contributed by atoms with Gasteiger partial charge in [-0.1, -0.05) is 5.16 Å². The Labute approximate surface area is 76.5 Å². The first-order valence-electron chi connectivity index (χ1n) is 4.02. The summed E-state index contributed by atoms with van der Waals surface area (Å²) in [7, 11) is 1.72. The molecule has 72 valence electrons. The third-order valence-corrected chi connectivity index (χ3v) is 1.64. The quantitative estimate of drug-likeness (QED) is 0.714. The van der Waals surface area contributed by atoms with Gasteiger partial charge in [-0.2, -0.15) is 0 Å². The average Bonchev–Trinajstić information content (AvgIpc) is 2.36. The van der Waals surface area contributed by atoms with E-state index in [4.69, 9.17) is 4.52 Å². The van der Waals surface area contributed by atoms with Gasteiger partial charge in [0.2, 0.25) is 5.91 Å². The molecule has 0 saturated carbocycles. The molecular weight excluding hydrogens is 170 g/mol. The van der Waals surface area contributed by atoms with Crippen molar-refractivity contribution in [2.75, 3.05) is 18.9 Å². The number of amides is 1. The maximum atomic E-state index is 11.2. The second kappa shape index (κ2) is 4.04. The van der Waals surface area contributed by atoms with E-state index in [-0.39, 0.29) is 12.5 Å². The summed E-state index contributed by atoms with van der Waals surface area (Å²) in [6, 6.07) is 0. The minimum atomic E-state index is -0.100. The summed E-state index contributed by atoms with van der Waals surface area (Å²) in [6.07, 6.45) is 0. The van der Waals surface area contributed by atoms with Crippen molar-refractivity contribution in [1.82, 2.24) is 10.5 Å². The van der Waals surface area contributed by atoms with Crippen molar-refractivity contribution in [2.24, 2.45) is 0 Å². The van der Waals surface area contributed by atoms with Crippen LogP contribution in [0.25, 0.3) is 0 Å². The number of aromatic nitrogens is 1. The smallest absolute Gasteiger partial charge is 0.238 e. The van der Waals surface area contributed by atoms with Crippen molar-refractivity contribution in [3.05, 3.63) is 11.5 Å². The first kappa shape index (κ1) is 9.73. The van der Waals surface area contributed by atoms with E-state index in [0.29, 0.717) is 17.1 Å². The van der Waals surface area contributed by atoms with Gasteiger partial charge >= 0.3 is 0 Å². The molecule has 0 aliphatic heterocycles. The van der Waals surface area contributed by atoms with E-state index in [9.17, 15) is 4.79 Å². The van der Waals surface area contributed by atoms with Crippen LogP contribution in [0.5, 0.6) is 0 Å². The van der Waals surface area contributed by atoms with Crippen molar-refractivity contribution in [1.29, 1.82) is 0 Å². The first-order chi connectivity index (χ1) is 6.15. The minimum absolute atomic E-state index is 0.100. The number of nitrogens with zero attached hydrogens (tertiary/aromatic N) is 1. The Bertz CT molecular complexity index is 287. The van der Waals surface area contributed by atoms with Crippen LogP contribution in [0.2, 0.25) is 0 Å². The van der Waals surface area contributed by atoms with E-state index in [0.717, 1.165) is 0 Å². The van der Waals surface area contributed by atoms with E-state index in [1.54, 1.807) is 20.9 Å². The van der Waals surface area contributed by atoms with E-state index < -0.39 is 0 Å². The maximum absolute atomic E-state index is 11.2. The summed E-state index contributed by atoms with van der Waals surface area (Å²) < 4.78 is 4.89. The second-order valence-corrected chi connectivity index (χ2v) is 2.78. The molecule has 1 rings (SSSR count). The monoisotopic (exact) mass is 183 g/mol. The van der Waals surface area contributed by atoms with Gasteiger partial charge in [0.1, 0.15) is 11.4 Å². The van der Waals surface area contributed by atoms with Crippen molar-refractivity contribution in [2.45, 2.75) is 13.8 Å². The zero-order chi connectivity index (χ0) is 9.84. The molecule has 5 nitrogen and oxygen atoms in total. The summed E-state index contributed by atoms with van der Waals surface area (Å²) >= 11 is 0. The number of hydrogen-bond donors (Lipinski definition) is 2. The lowest BCUT2D eigenvalue weighted by atomic mass is 10.3. The zero-order valence-electron chi connectivity index (χ0n) is 7.97. The number of aryl methyl sites for hydroxylation is 2. The Morgan fingerprint density at radius 3 is 2.69 bits per heavy atom. The maximum Gasteiger partial charge on any atom is 0.238 e. The average molecular weight is 183 g/mol. The molecule has 0 fully saturated rings. The highest BCUT2D eigenvalue weighted by Crippen LogP contribution is 2.17. The number of hydrogen-bond acceptors (Lipinski definition) is 4. The molecule has 2 N–H and O–H groups in total. The molecule has 1 aromatic heterocycles. The predicted molar refractivity (Wildman–Crippen MR) is 48.5 cm³/mol. The Morgan fingerprint density at radius 2 is 2.23 bits per heavy atom. The molecule has 1 aromatic rings. The number of carbonyl (C=O) groups excluding carboxylic acids is 1. The molecule has 1 amide bonds. The Hall–Kier alpha value is -1.36. The van der Waals surface area contributed by atoms with Crippen LogP contribution in [0.3, 0.4) is 0 Å². The van der Waals surface area contributed by atoms with Gasteiger partial charge in [-0.05, 0) is 20.9 Å². The number of nitrogens with one attached hydrogen (secondary N) is 2. The highest BCUT2D eigenvalue weighted by molar-refractivity contribution is 5.93. The van der Waals surface area contributed by atoms with E-state index >= 15 is 0 Å². The zero-order valence-corrected chi connectivity index (χ0v) is 7.97. The van der Waals surface area contributed by atoms with Gasteiger partial charge in [-0.3, -0.25) is 4.79 Å². The topological polar surface area (TPSA) is 67.2 Å². The van der Waals surface area contributed by atoms with Crippen LogP contribution in [0.15, 0.2) is 4.52 Å². The molecule has 13 heavy (non-hydrogen) atoms. The summed E-state index contributed by atoms with van der Waals surface area (Å²) in [6.45, 7) is 3.82. The lowest BCUT2D eigenvalue weighted by Gasteiger charge is -2.02. The van der Waals surface area contributed by atoms with Gasteiger partial charge in [0.15, 0.2) is 5.76 Å². The van der Waals surface area contributed by atoms with Gasteiger partial charge in [0.05, 0.1) is 6.54 Å². The first-order valence-corrected chi connectivity index (χ1v) is 4.02. The number of anilines is 1. The normalized spacial score (nSPS) is 10.1. The van der Waals surface area contributed by atoms with Crippen molar-refractivity contribution >= 4 is 11.6 Å². The van der Waals surface area contributed by atoms with Gasteiger partial charge in [-0.15, -0.1) is 0 Å². The Kier molecular flexibility index (Phi) is 3.02. The molecule has 0 atom stereocenters. The highest BCUT2D eigenvalue weighted by Gasteiger charge is 2.10. The minimum Gasteiger partial charge on any atom is -0.359 e. The number of likely N-dealkylation sites (N-methyl/N-ethyl adjacent to an activating group) is 1. The van der Waals surface area contributed by atoms with Crippen LogP contribution in [-0.4, -0.2) is 24.7 Å². The van der Waals surface area contributed by atoms with Crippen LogP contribution < -0.4 is 10.6 Å². The number of carbonyl (C=O) groups is 1. The van der Waals surface area contributed by atoms with E-state index in [1.165, 1.54) is 0 Å². The molecule has 0 aliphatic carbocycles. The molecular formula is C8H13N3O2. The van der Waals surface area contributed by atoms with Crippen LogP contribution >= 0.6 is 0 Å². The summed E-state index contributed by atoms with van der Waals surface area (Å²) in [5.41, 5.74) is 1.36. The predicted octanol–water partition coefficient (Wildman–Crippen LogP) is 0.449. The molecule has 1 heterocycles. The molecule has 0 aliphatic rings. The molecule has 0 radical (unpaired) electrons. The lowest BCUT2D eigenvalue weighted by molar-refractivity contribution is -0.115. The fraction of sp³-hybridized carbons (Fsp3) is 0.500. The Balaban J connectivity index is 2.68. The van der Waals surface area contributed by atoms with Gasteiger partial charge in [0, 0.05) is 0 Å². The van der Waals surface area contributed by atoms with Crippen molar-refractivity contribution < 1.29 is 9.32 Å². The number of rotatable bonds is 3. The largest absolute Gasteiger partial charge is 0.359 e. The van der Waals surface area contributed by atoms with E-state index in [1.807, 2.05) is 0 Å². The third kappa shape index (κ3) is 2.29. The summed E-state index contributed by atoms with van der Waals surface area (Å²) in [5.74, 6) is 0.527. The summed E-state index contributed by atoms with van der Waals surface area (Å²) in [5, 5.41) is 9.18. The van der Waals surface area contributed by atoms with Gasteiger partial charge < -0.3 is 15.2 Å².